The number of hydrogen-bond donors (Lipinski definition) is 3. The van der Waals surface area contributed by atoms with E-state index in [9.17, 15) is 4.79 Å². The van der Waals surface area contributed by atoms with E-state index in [4.69, 9.17) is 9.94 Å². The normalized spacial score (nSPS) is 16.8. The van der Waals surface area contributed by atoms with Gasteiger partial charge in [0.1, 0.15) is 12.4 Å². The molecule has 0 aliphatic carbocycles. The molecule has 3 aromatic carbocycles. The lowest BCUT2D eigenvalue weighted by Gasteiger charge is -2.17. The molecular weight excluding hydrogens is 414 g/mol. The number of nitrogens with zero attached hydrogens (tertiary/aromatic N) is 1. The van der Waals surface area contributed by atoms with E-state index < -0.39 is 5.91 Å². The second-order valence-electron chi connectivity index (χ2n) is 8.39. The number of hydrogen-bond acceptors (Lipinski definition) is 5. The Balaban J connectivity index is 1.50. The van der Waals surface area contributed by atoms with E-state index >= 15 is 0 Å². The van der Waals surface area contributed by atoms with Gasteiger partial charge in [-0.05, 0) is 54.2 Å². The number of fused-ring (bicyclic) bond motifs is 1. The number of hydroxylamine groups is 1. The zero-order valence-corrected chi connectivity index (χ0v) is 19.0. The number of rotatable bonds is 9. The van der Waals surface area contributed by atoms with E-state index in [2.05, 4.69) is 41.4 Å². The predicted molar refractivity (Wildman–Crippen MR) is 132 cm³/mol. The van der Waals surface area contributed by atoms with Crippen LogP contribution in [0.15, 0.2) is 72.3 Å². The fraction of sp³-hybridized carbons (Fsp3) is 0.296. The first kappa shape index (κ1) is 23.0. The third-order valence-electron chi connectivity index (χ3n) is 6.15. The van der Waals surface area contributed by atoms with Gasteiger partial charge in [0.05, 0.1) is 0 Å². The molecule has 0 spiro atoms. The van der Waals surface area contributed by atoms with Crippen molar-refractivity contribution in [3.8, 4) is 5.75 Å². The number of carbonyl (C=O) groups excluding carboxylic acids is 1. The maximum Gasteiger partial charge on any atom is 0.274 e. The van der Waals surface area contributed by atoms with Crippen molar-refractivity contribution in [2.24, 2.45) is 0 Å². The summed E-state index contributed by atoms with van der Waals surface area (Å²) in [6.07, 6.45) is 3.25. The summed E-state index contributed by atoms with van der Waals surface area (Å²) >= 11 is 0. The minimum absolute atomic E-state index is 0.409. The first-order valence-electron chi connectivity index (χ1n) is 11.5. The van der Waals surface area contributed by atoms with Gasteiger partial charge in [0.2, 0.25) is 0 Å². The van der Waals surface area contributed by atoms with Crippen LogP contribution < -0.4 is 15.5 Å². The Kier molecular flexibility index (Phi) is 7.73. The van der Waals surface area contributed by atoms with Gasteiger partial charge in [0, 0.05) is 30.1 Å². The molecule has 1 aliphatic heterocycles. The van der Waals surface area contributed by atoms with Crippen molar-refractivity contribution in [1.29, 1.82) is 0 Å². The van der Waals surface area contributed by atoms with E-state index in [1.54, 1.807) is 17.6 Å². The number of likely N-dealkylation sites (N-methyl/N-ethyl adjacent to an activating group) is 1. The summed E-state index contributed by atoms with van der Waals surface area (Å²) < 4.78 is 6.27. The largest absolute Gasteiger partial charge is 0.489 e. The Morgan fingerprint density at radius 1 is 1.12 bits per heavy atom. The van der Waals surface area contributed by atoms with Gasteiger partial charge >= 0.3 is 0 Å². The van der Waals surface area contributed by atoms with Gasteiger partial charge in [0.25, 0.3) is 5.91 Å². The van der Waals surface area contributed by atoms with Gasteiger partial charge in [-0.15, -0.1) is 0 Å². The second kappa shape index (κ2) is 11.1. The number of ether oxygens (including phenoxy) is 1. The fourth-order valence-electron chi connectivity index (χ4n) is 4.23. The van der Waals surface area contributed by atoms with E-state index in [1.807, 2.05) is 36.4 Å². The maximum atomic E-state index is 11.6. The number of nitrogens with one attached hydrogen (secondary N) is 2. The van der Waals surface area contributed by atoms with Crippen molar-refractivity contribution in [2.75, 3.05) is 32.8 Å². The number of benzene rings is 3. The highest BCUT2D eigenvalue weighted by molar-refractivity contribution is 5.93. The second-order valence-corrected chi connectivity index (χ2v) is 8.39. The lowest BCUT2D eigenvalue weighted by molar-refractivity contribution is 0.0706. The average Bonchev–Trinajstić information content (AvgIpc) is 3.33. The van der Waals surface area contributed by atoms with Crippen molar-refractivity contribution < 1.29 is 14.7 Å². The molecule has 0 aromatic heterocycles. The van der Waals surface area contributed by atoms with Crippen LogP contribution in [-0.2, 0) is 0 Å². The quantitative estimate of drug-likeness (QED) is 0.342. The molecule has 0 radical (unpaired) electrons. The fourth-order valence-corrected chi connectivity index (χ4v) is 4.23. The Morgan fingerprint density at radius 3 is 2.67 bits per heavy atom. The Labute approximate surface area is 194 Å². The summed E-state index contributed by atoms with van der Waals surface area (Å²) in [5.41, 5.74) is 4.17. The van der Waals surface area contributed by atoms with E-state index in [0.717, 1.165) is 60.3 Å². The lowest BCUT2D eigenvalue weighted by atomic mass is 10.1. The Morgan fingerprint density at radius 2 is 1.91 bits per heavy atom. The van der Waals surface area contributed by atoms with Crippen LogP contribution in [0.5, 0.6) is 5.75 Å². The monoisotopic (exact) mass is 445 g/mol. The van der Waals surface area contributed by atoms with Gasteiger partial charge < -0.3 is 15.0 Å². The minimum Gasteiger partial charge on any atom is -0.489 e. The Hall–Kier alpha value is -3.19. The summed E-state index contributed by atoms with van der Waals surface area (Å²) in [5.74, 6) is 0.348. The average molecular weight is 446 g/mol. The molecule has 172 valence electrons. The first-order valence-corrected chi connectivity index (χ1v) is 11.5. The van der Waals surface area contributed by atoms with Crippen molar-refractivity contribution >= 4 is 22.8 Å². The van der Waals surface area contributed by atoms with Gasteiger partial charge in [0.15, 0.2) is 0 Å². The summed E-state index contributed by atoms with van der Waals surface area (Å²) in [6.45, 7) is 6.67. The molecule has 1 amide bonds. The first-order chi connectivity index (χ1) is 16.2. The van der Waals surface area contributed by atoms with Crippen LogP contribution in [0.25, 0.3) is 16.8 Å². The standard InChI is InChI=1S/C27H31N3O3/c1-2-30-15-14-24(18-30)28-17-21(16-20-10-12-23(13-11-20)27(31)29-32)19-33-26-9-5-7-22-6-3-4-8-25(22)26/h3-13,16,24,28,32H,2,14-15,17-19H2,1H3,(H,29,31). The highest BCUT2D eigenvalue weighted by atomic mass is 16.5. The highest BCUT2D eigenvalue weighted by Crippen LogP contribution is 2.25. The topological polar surface area (TPSA) is 73.8 Å². The summed E-state index contributed by atoms with van der Waals surface area (Å²) in [6, 6.07) is 21.9. The maximum absolute atomic E-state index is 11.6. The highest BCUT2D eigenvalue weighted by Gasteiger charge is 2.20. The van der Waals surface area contributed by atoms with Gasteiger partial charge in [-0.1, -0.05) is 61.5 Å². The van der Waals surface area contributed by atoms with Crippen LogP contribution in [0, 0.1) is 0 Å². The Bertz CT molecular complexity index is 1110. The molecule has 1 aliphatic rings. The van der Waals surface area contributed by atoms with Crippen LogP contribution in [0.2, 0.25) is 0 Å². The molecule has 6 nitrogen and oxygen atoms in total. The van der Waals surface area contributed by atoms with Gasteiger partial charge in [-0.25, -0.2) is 5.48 Å². The molecule has 6 heteroatoms. The molecule has 0 bridgehead atoms. The summed E-state index contributed by atoms with van der Waals surface area (Å²) in [7, 11) is 0. The van der Waals surface area contributed by atoms with Gasteiger partial charge in [-0.3, -0.25) is 10.0 Å². The molecule has 0 saturated carbocycles. The molecule has 1 saturated heterocycles. The molecule has 4 rings (SSSR count). The van der Waals surface area contributed by atoms with E-state index in [0.29, 0.717) is 18.2 Å². The van der Waals surface area contributed by atoms with Crippen LogP contribution in [0.4, 0.5) is 0 Å². The van der Waals surface area contributed by atoms with Crippen LogP contribution in [-0.4, -0.2) is 54.8 Å². The molecular formula is C27H31N3O3. The smallest absolute Gasteiger partial charge is 0.274 e. The number of carbonyl (C=O) groups is 1. The SMILES string of the molecule is CCN1CCC(NCC(=Cc2ccc(C(=O)NO)cc2)COc2cccc3ccccc23)C1. The lowest BCUT2D eigenvalue weighted by Crippen LogP contribution is -2.34. The van der Waals surface area contributed by atoms with E-state index in [-0.39, 0.29) is 0 Å². The molecule has 1 unspecified atom stereocenters. The zero-order chi connectivity index (χ0) is 23.0. The summed E-state index contributed by atoms with van der Waals surface area (Å²) in [5, 5.41) is 14.8. The molecule has 3 N–H and O–H groups in total. The van der Waals surface area contributed by atoms with E-state index in [1.165, 1.54) is 0 Å². The molecule has 1 fully saturated rings. The molecule has 1 heterocycles. The zero-order valence-electron chi connectivity index (χ0n) is 19.0. The molecule has 1 atom stereocenters. The van der Waals surface area contributed by atoms with Crippen molar-refractivity contribution in [1.82, 2.24) is 15.7 Å². The van der Waals surface area contributed by atoms with Crippen LogP contribution >= 0.6 is 0 Å². The van der Waals surface area contributed by atoms with Crippen LogP contribution in [0.1, 0.15) is 29.3 Å². The number of likely N-dealkylation sites (tertiary alicyclic amines) is 1. The van der Waals surface area contributed by atoms with Crippen molar-refractivity contribution in [3.63, 3.8) is 0 Å². The predicted octanol–water partition coefficient (Wildman–Crippen LogP) is 4.11. The summed E-state index contributed by atoms with van der Waals surface area (Å²) in [4.78, 5) is 14.1. The van der Waals surface area contributed by atoms with Crippen molar-refractivity contribution in [2.45, 2.75) is 19.4 Å². The third kappa shape index (κ3) is 5.99. The van der Waals surface area contributed by atoms with Crippen molar-refractivity contribution in [3.05, 3.63) is 83.4 Å². The van der Waals surface area contributed by atoms with Crippen LogP contribution in [0.3, 0.4) is 0 Å². The molecule has 33 heavy (non-hydrogen) atoms. The third-order valence-corrected chi connectivity index (χ3v) is 6.15. The molecule has 3 aromatic rings. The minimum atomic E-state index is -0.520. The van der Waals surface area contributed by atoms with Gasteiger partial charge in [-0.2, -0.15) is 0 Å². The number of amides is 1.